The predicted octanol–water partition coefficient (Wildman–Crippen LogP) is 2.15. The molecule has 0 radical (unpaired) electrons. The number of piperidine rings is 1. The highest BCUT2D eigenvalue weighted by Gasteiger charge is 2.43. The summed E-state index contributed by atoms with van der Waals surface area (Å²) in [5.74, 6) is 1.38. The average molecular weight is 281 g/mol. The second-order valence-electron chi connectivity index (χ2n) is 5.85. The van der Waals surface area contributed by atoms with Crippen molar-refractivity contribution in [2.45, 2.75) is 50.4 Å². The highest BCUT2D eigenvalue weighted by Crippen LogP contribution is 2.41. The van der Waals surface area contributed by atoms with Gasteiger partial charge in [0.1, 0.15) is 5.82 Å². The molecule has 0 aromatic carbocycles. The van der Waals surface area contributed by atoms with Crippen LogP contribution >= 0.6 is 11.5 Å². The topological polar surface area (TPSA) is 47.5 Å². The van der Waals surface area contributed by atoms with Gasteiger partial charge in [-0.15, -0.1) is 0 Å². The fourth-order valence-electron chi connectivity index (χ4n) is 2.87. The number of hydrogen-bond donors (Lipinski definition) is 0. The Hall–Kier alpha value is -0.720. The van der Waals surface area contributed by atoms with Crippen molar-refractivity contribution in [3.05, 3.63) is 5.82 Å². The summed E-state index contributed by atoms with van der Waals surface area (Å²) in [6, 6.07) is 0. The molecule has 2 aliphatic heterocycles. The Labute approximate surface area is 117 Å². The van der Waals surface area contributed by atoms with E-state index >= 15 is 0 Å². The van der Waals surface area contributed by atoms with Gasteiger partial charge in [-0.05, 0) is 19.8 Å². The molecule has 6 heteroatoms. The second kappa shape index (κ2) is 4.40. The fourth-order valence-corrected chi connectivity index (χ4v) is 3.66. The third-order valence-electron chi connectivity index (χ3n) is 4.17. The number of rotatable bonds is 2. The quantitative estimate of drug-likeness (QED) is 0.831. The summed E-state index contributed by atoms with van der Waals surface area (Å²) in [5, 5.41) is 1.07. The maximum absolute atomic E-state index is 5.95. The van der Waals surface area contributed by atoms with Gasteiger partial charge in [0.15, 0.2) is 5.79 Å². The first-order valence-corrected chi connectivity index (χ1v) is 7.92. The zero-order chi connectivity index (χ0) is 12.9. The molecule has 5 nitrogen and oxygen atoms in total. The maximum atomic E-state index is 5.95. The van der Waals surface area contributed by atoms with Crippen LogP contribution in [0.25, 0.3) is 0 Å². The summed E-state index contributed by atoms with van der Waals surface area (Å²) >= 11 is 1.54. The molecule has 1 aromatic heterocycles. The van der Waals surface area contributed by atoms with E-state index in [2.05, 4.69) is 21.2 Å². The molecule has 3 heterocycles. The Bertz CT molecular complexity index is 466. The molecule has 1 saturated carbocycles. The first-order chi connectivity index (χ1) is 9.24. The van der Waals surface area contributed by atoms with Gasteiger partial charge in [0.05, 0.1) is 12.7 Å². The van der Waals surface area contributed by atoms with Crippen molar-refractivity contribution in [3.8, 4) is 0 Å². The van der Waals surface area contributed by atoms with Crippen LogP contribution in [-0.4, -0.2) is 40.9 Å². The monoisotopic (exact) mass is 281 g/mol. The molecular weight excluding hydrogens is 262 g/mol. The lowest BCUT2D eigenvalue weighted by molar-refractivity contribution is -0.178. The van der Waals surface area contributed by atoms with Gasteiger partial charge in [0.2, 0.25) is 5.13 Å². The minimum Gasteiger partial charge on any atom is -0.347 e. The third-order valence-corrected chi connectivity index (χ3v) is 4.96. The molecule has 0 amide bonds. The summed E-state index contributed by atoms with van der Waals surface area (Å²) < 4.78 is 16.3. The van der Waals surface area contributed by atoms with Crippen LogP contribution < -0.4 is 4.90 Å². The fraction of sp³-hybridized carbons (Fsp3) is 0.846. The van der Waals surface area contributed by atoms with E-state index in [1.807, 2.05) is 0 Å². The van der Waals surface area contributed by atoms with Crippen molar-refractivity contribution in [3.63, 3.8) is 0 Å². The van der Waals surface area contributed by atoms with Gasteiger partial charge in [-0.2, -0.15) is 4.37 Å². The van der Waals surface area contributed by atoms with Gasteiger partial charge < -0.3 is 14.4 Å². The minimum atomic E-state index is -0.320. The van der Waals surface area contributed by atoms with E-state index in [0.29, 0.717) is 5.92 Å². The van der Waals surface area contributed by atoms with Gasteiger partial charge in [-0.3, -0.25) is 0 Å². The number of ether oxygens (including phenoxy) is 2. The summed E-state index contributed by atoms with van der Waals surface area (Å²) in [4.78, 5) is 7.00. The normalized spacial score (nSPS) is 30.2. The lowest BCUT2D eigenvalue weighted by Crippen LogP contribution is -2.45. The van der Waals surface area contributed by atoms with Gasteiger partial charge in [0, 0.05) is 43.4 Å². The highest BCUT2D eigenvalue weighted by atomic mass is 32.1. The molecule has 0 unspecified atom stereocenters. The zero-order valence-corrected chi connectivity index (χ0v) is 12.0. The molecule has 0 N–H and O–H groups in total. The molecule has 1 aromatic rings. The van der Waals surface area contributed by atoms with Gasteiger partial charge in [0.25, 0.3) is 0 Å². The number of hydrogen-bond acceptors (Lipinski definition) is 6. The van der Waals surface area contributed by atoms with Crippen molar-refractivity contribution in [2.75, 3.05) is 24.6 Å². The van der Waals surface area contributed by atoms with Crippen molar-refractivity contribution in [1.29, 1.82) is 0 Å². The molecule has 19 heavy (non-hydrogen) atoms. The SMILES string of the molecule is C[C@@H]1COC2(CCN(c3nc(C4CC4)ns3)CC2)O1. The van der Waals surface area contributed by atoms with Crippen LogP contribution in [-0.2, 0) is 9.47 Å². The van der Waals surface area contributed by atoms with Crippen molar-refractivity contribution < 1.29 is 9.47 Å². The van der Waals surface area contributed by atoms with E-state index in [-0.39, 0.29) is 11.9 Å². The van der Waals surface area contributed by atoms with Crippen LogP contribution in [0.3, 0.4) is 0 Å². The van der Waals surface area contributed by atoms with Crippen LogP contribution in [0.1, 0.15) is 44.3 Å². The third kappa shape index (κ3) is 2.26. The first kappa shape index (κ1) is 12.1. The Balaban J connectivity index is 1.41. The first-order valence-electron chi connectivity index (χ1n) is 7.14. The summed E-state index contributed by atoms with van der Waals surface area (Å²) in [6.07, 6.45) is 4.61. The predicted molar refractivity (Wildman–Crippen MR) is 72.6 cm³/mol. The van der Waals surface area contributed by atoms with Crippen molar-refractivity contribution in [2.24, 2.45) is 0 Å². The van der Waals surface area contributed by atoms with Crippen molar-refractivity contribution in [1.82, 2.24) is 9.36 Å². The number of nitrogens with zero attached hydrogens (tertiary/aromatic N) is 3. The molecule has 3 aliphatic rings. The Morgan fingerprint density at radius 3 is 2.74 bits per heavy atom. The molecule has 1 spiro atoms. The Morgan fingerprint density at radius 1 is 1.32 bits per heavy atom. The molecule has 0 bridgehead atoms. The summed E-state index contributed by atoms with van der Waals surface area (Å²) in [7, 11) is 0. The van der Waals surface area contributed by atoms with E-state index in [1.54, 1.807) is 0 Å². The minimum absolute atomic E-state index is 0.231. The van der Waals surface area contributed by atoms with Crippen LogP contribution in [0.15, 0.2) is 0 Å². The van der Waals surface area contributed by atoms with Gasteiger partial charge in [-0.1, -0.05) is 0 Å². The zero-order valence-electron chi connectivity index (χ0n) is 11.2. The molecule has 4 rings (SSSR count). The van der Waals surface area contributed by atoms with Crippen LogP contribution in [0.2, 0.25) is 0 Å². The van der Waals surface area contributed by atoms with Gasteiger partial charge >= 0.3 is 0 Å². The van der Waals surface area contributed by atoms with Crippen LogP contribution in [0.5, 0.6) is 0 Å². The van der Waals surface area contributed by atoms with Crippen molar-refractivity contribution >= 4 is 16.7 Å². The number of anilines is 1. The van der Waals surface area contributed by atoms with E-state index in [0.717, 1.165) is 43.5 Å². The molecule has 2 saturated heterocycles. The Kier molecular flexibility index (Phi) is 2.79. The van der Waals surface area contributed by atoms with E-state index in [4.69, 9.17) is 9.47 Å². The average Bonchev–Trinajstić information content (AvgIpc) is 3.05. The Morgan fingerprint density at radius 2 is 2.11 bits per heavy atom. The largest absolute Gasteiger partial charge is 0.347 e. The smallest absolute Gasteiger partial charge is 0.205 e. The summed E-state index contributed by atoms with van der Waals surface area (Å²) in [6.45, 7) is 4.70. The molecule has 1 aliphatic carbocycles. The van der Waals surface area contributed by atoms with E-state index in [9.17, 15) is 0 Å². The second-order valence-corrected chi connectivity index (χ2v) is 6.58. The van der Waals surface area contributed by atoms with Crippen LogP contribution in [0.4, 0.5) is 5.13 Å². The van der Waals surface area contributed by atoms with E-state index in [1.165, 1.54) is 24.4 Å². The highest BCUT2D eigenvalue weighted by molar-refractivity contribution is 7.09. The lowest BCUT2D eigenvalue weighted by Gasteiger charge is -2.37. The molecule has 104 valence electrons. The van der Waals surface area contributed by atoms with Crippen LogP contribution in [0, 0.1) is 0 Å². The summed E-state index contributed by atoms with van der Waals surface area (Å²) in [5.41, 5.74) is 0. The molecular formula is C13H19N3O2S. The molecule has 1 atom stereocenters. The maximum Gasteiger partial charge on any atom is 0.205 e. The number of aromatic nitrogens is 2. The van der Waals surface area contributed by atoms with E-state index < -0.39 is 0 Å². The molecule has 3 fully saturated rings. The van der Waals surface area contributed by atoms with Gasteiger partial charge in [-0.25, -0.2) is 4.98 Å². The standard InChI is InChI=1S/C13H19N3O2S/c1-9-8-17-13(18-9)4-6-16(7-5-13)12-14-11(15-19-12)10-2-3-10/h9-10H,2-8H2,1H3/t9-/m1/s1. The lowest BCUT2D eigenvalue weighted by atomic mass is 10.0.